The van der Waals surface area contributed by atoms with Crippen LogP contribution < -0.4 is 4.74 Å². The number of nitrogens with zero attached hydrogens (tertiary/aromatic N) is 1. The lowest BCUT2D eigenvalue weighted by atomic mass is 10.2. The Morgan fingerprint density at radius 1 is 1.09 bits per heavy atom. The van der Waals surface area contributed by atoms with Crippen molar-refractivity contribution in [2.45, 2.75) is 4.90 Å². The Kier molecular flexibility index (Phi) is 3.87. The Balaban J connectivity index is 2.36. The van der Waals surface area contributed by atoms with Gasteiger partial charge in [0.15, 0.2) is 0 Å². The predicted molar refractivity (Wildman–Crippen MR) is 87.7 cm³/mol. The van der Waals surface area contributed by atoms with Crippen molar-refractivity contribution in [1.29, 1.82) is 0 Å². The van der Waals surface area contributed by atoms with Crippen molar-refractivity contribution in [3.8, 4) is 5.75 Å². The molecule has 23 heavy (non-hydrogen) atoms. The van der Waals surface area contributed by atoms with Gasteiger partial charge < -0.3 is 4.74 Å². The first-order valence-corrected chi connectivity index (χ1v) is 8.47. The van der Waals surface area contributed by atoms with Gasteiger partial charge in [-0.2, -0.15) is 0 Å². The summed E-state index contributed by atoms with van der Waals surface area (Å²) in [5, 5.41) is -0.299. The van der Waals surface area contributed by atoms with Crippen LogP contribution in [0.5, 0.6) is 5.75 Å². The quantitative estimate of drug-likeness (QED) is 0.678. The van der Waals surface area contributed by atoms with Gasteiger partial charge in [0.1, 0.15) is 11.4 Å². The van der Waals surface area contributed by atoms with E-state index in [2.05, 4.69) is 0 Å². The molecule has 3 rings (SSSR count). The van der Waals surface area contributed by atoms with Gasteiger partial charge in [-0.05, 0) is 48.0 Å². The van der Waals surface area contributed by atoms with Crippen LogP contribution in [0, 0.1) is 0 Å². The number of rotatable bonds is 4. The summed E-state index contributed by atoms with van der Waals surface area (Å²) in [6, 6.07) is 14.2. The fourth-order valence-corrected chi connectivity index (χ4v) is 4.11. The summed E-state index contributed by atoms with van der Waals surface area (Å²) in [6.07, 6.45) is 0. The zero-order chi connectivity index (χ0) is 16.6. The molecular formula is C16H12ClNO4S. The molecular weight excluding hydrogens is 338 g/mol. The van der Waals surface area contributed by atoms with Gasteiger partial charge in [-0.3, -0.25) is 4.79 Å². The minimum atomic E-state index is -3.95. The molecule has 0 amide bonds. The van der Waals surface area contributed by atoms with Crippen molar-refractivity contribution in [2.24, 2.45) is 0 Å². The smallest absolute Gasteiger partial charge is 0.269 e. The Hall–Kier alpha value is -2.31. The van der Waals surface area contributed by atoms with Crippen molar-refractivity contribution in [2.75, 3.05) is 7.11 Å². The maximum atomic E-state index is 12.9. The van der Waals surface area contributed by atoms with Crippen LogP contribution in [-0.2, 0) is 10.0 Å². The maximum absolute atomic E-state index is 12.9. The molecule has 118 valence electrons. The third kappa shape index (κ3) is 2.60. The zero-order valence-electron chi connectivity index (χ0n) is 12.1. The second kappa shape index (κ2) is 5.72. The molecule has 0 N–H and O–H groups in total. The van der Waals surface area contributed by atoms with E-state index in [4.69, 9.17) is 16.3 Å². The number of carbonyl (C=O) groups is 1. The van der Waals surface area contributed by atoms with Crippen molar-refractivity contribution >= 4 is 37.8 Å². The average molecular weight is 350 g/mol. The number of aromatic nitrogens is 1. The zero-order valence-corrected chi connectivity index (χ0v) is 13.6. The average Bonchev–Trinajstić information content (AvgIpc) is 2.95. The fraction of sp³-hybridized carbons (Fsp3) is 0.0625. The highest BCUT2D eigenvalue weighted by Crippen LogP contribution is 2.29. The molecule has 1 heterocycles. The molecule has 2 aromatic carbocycles. The second-order valence-electron chi connectivity index (χ2n) is 4.81. The number of hydrogen-bond acceptors (Lipinski definition) is 4. The van der Waals surface area contributed by atoms with E-state index in [9.17, 15) is 13.2 Å². The molecule has 0 spiro atoms. The lowest BCUT2D eigenvalue weighted by Gasteiger charge is -2.10. The summed E-state index contributed by atoms with van der Waals surface area (Å²) < 4.78 is 31.9. The Bertz CT molecular complexity index is 994. The normalized spacial score (nSPS) is 11.6. The van der Waals surface area contributed by atoms with E-state index in [1.165, 1.54) is 25.3 Å². The summed E-state index contributed by atoms with van der Waals surface area (Å²) in [7, 11) is -2.44. The number of methoxy groups -OCH3 is 1. The van der Waals surface area contributed by atoms with E-state index in [1.54, 1.807) is 36.4 Å². The number of fused-ring (bicyclic) bond motifs is 1. The Labute approximate surface area is 138 Å². The predicted octanol–water partition coefficient (Wildman–Crippen LogP) is 3.27. The van der Waals surface area contributed by atoms with Crippen LogP contribution in [0.4, 0.5) is 0 Å². The number of ether oxygens (including phenoxy) is 1. The van der Waals surface area contributed by atoms with Gasteiger partial charge >= 0.3 is 0 Å². The lowest BCUT2D eigenvalue weighted by molar-refractivity contribution is 0.107. The molecule has 0 atom stereocenters. The molecule has 0 aliphatic rings. The molecule has 3 aromatic rings. The Morgan fingerprint density at radius 2 is 1.78 bits per heavy atom. The van der Waals surface area contributed by atoms with Crippen molar-refractivity contribution in [3.63, 3.8) is 0 Å². The van der Waals surface area contributed by atoms with Crippen LogP contribution in [-0.4, -0.2) is 24.7 Å². The largest absolute Gasteiger partial charge is 0.497 e. The highest BCUT2D eigenvalue weighted by molar-refractivity contribution is 7.90. The molecule has 7 heteroatoms. The summed E-state index contributed by atoms with van der Waals surface area (Å²) >= 11 is 5.59. The summed E-state index contributed by atoms with van der Waals surface area (Å²) in [4.78, 5) is 11.8. The van der Waals surface area contributed by atoms with Gasteiger partial charge in [0, 0.05) is 5.39 Å². The molecule has 5 nitrogen and oxygen atoms in total. The van der Waals surface area contributed by atoms with Gasteiger partial charge in [0.25, 0.3) is 15.3 Å². The maximum Gasteiger partial charge on any atom is 0.269 e. The van der Waals surface area contributed by atoms with Gasteiger partial charge in [0.05, 0.1) is 17.5 Å². The molecule has 0 aliphatic carbocycles. The van der Waals surface area contributed by atoms with Gasteiger partial charge in [-0.15, -0.1) is 0 Å². The van der Waals surface area contributed by atoms with Crippen LogP contribution >= 0.6 is 11.6 Å². The third-order valence-corrected chi connectivity index (χ3v) is 5.38. The number of hydrogen-bond donors (Lipinski definition) is 0. The minimum Gasteiger partial charge on any atom is -0.497 e. The summed E-state index contributed by atoms with van der Waals surface area (Å²) in [5.41, 5.74) is 0.248. The topological polar surface area (TPSA) is 65.4 Å². The molecule has 0 saturated heterocycles. The highest BCUT2D eigenvalue weighted by Gasteiger charge is 2.25. The van der Waals surface area contributed by atoms with E-state index in [1.807, 2.05) is 0 Å². The van der Waals surface area contributed by atoms with Gasteiger partial charge in [-0.1, -0.05) is 18.2 Å². The van der Waals surface area contributed by atoms with E-state index in [-0.39, 0.29) is 10.6 Å². The number of halogens is 1. The Morgan fingerprint density at radius 3 is 2.39 bits per heavy atom. The van der Waals surface area contributed by atoms with Crippen molar-refractivity contribution < 1.29 is 17.9 Å². The summed E-state index contributed by atoms with van der Waals surface area (Å²) in [6.45, 7) is 0. The molecule has 0 radical (unpaired) electrons. The highest BCUT2D eigenvalue weighted by atomic mass is 35.5. The van der Waals surface area contributed by atoms with Crippen molar-refractivity contribution in [1.82, 2.24) is 3.97 Å². The molecule has 0 unspecified atom stereocenters. The van der Waals surface area contributed by atoms with Crippen LogP contribution in [0.1, 0.15) is 10.5 Å². The van der Waals surface area contributed by atoms with E-state index >= 15 is 0 Å². The fourth-order valence-electron chi connectivity index (χ4n) is 2.39. The lowest BCUT2D eigenvalue weighted by Crippen LogP contribution is -2.16. The van der Waals surface area contributed by atoms with E-state index in [0.717, 1.165) is 3.97 Å². The first-order chi connectivity index (χ1) is 10.9. The van der Waals surface area contributed by atoms with E-state index in [0.29, 0.717) is 16.7 Å². The standard InChI is InChI=1S/C16H12ClNO4S/c1-22-12-7-8-14-11(9-12)10-15(16(17)19)18(14)23(20,21)13-5-3-2-4-6-13/h2-10H,1H3. The van der Waals surface area contributed by atoms with E-state index < -0.39 is 15.3 Å². The molecule has 0 fully saturated rings. The molecule has 0 aliphatic heterocycles. The SMILES string of the molecule is COc1ccc2c(c1)cc(C(=O)Cl)n2S(=O)(=O)c1ccccc1. The molecule has 0 bridgehead atoms. The van der Waals surface area contributed by atoms with Crippen LogP contribution in [0.3, 0.4) is 0 Å². The first kappa shape index (κ1) is 15.6. The number of benzene rings is 2. The van der Waals surface area contributed by atoms with Gasteiger partial charge in [0.2, 0.25) is 0 Å². The molecule has 0 saturated carbocycles. The van der Waals surface area contributed by atoms with Crippen molar-refractivity contribution in [3.05, 3.63) is 60.3 Å². The summed E-state index contributed by atoms with van der Waals surface area (Å²) in [5.74, 6) is 0.556. The van der Waals surface area contributed by atoms with Crippen LogP contribution in [0.25, 0.3) is 10.9 Å². The monoisotopic (exact) mass is 349 g/mol. The second-order valence-corrected chi connectivity index (χ2v) is 6.94. The van der Waals surface area contributed by atoms with Crippen LogP contribution in [0.15, 0.2) is 59.5 Å². The van der Waals surface area contributed by atoms with Crippen LogP contribution in [0.2, 0.25) is 0 Å². The minimum absolute atomic E-state index is 0.0764. The van der Waals surface area contributed by atoms with Gasteiger partial charge in [-0.25, -0.2) is 12.4 Å². The third-order valence-electron chi connectivity index (χ3n) is 3.45. The molecule has 1 aromatic heterocycles. The number of carbonyl (C=O) groups excluding carboxylic acids is 1. The first-order valence-electron chi connectivity index (χ1n) is 6.65.